The number of amides is 2. The standard InChI is InChI=1S/C29H33FN2O4/c1-29(2,3)31-28(34)26(18-21-9-6-5-7-10-21)32(19-22-11-8-12-25(17-22)35-4)27(33)20-36-24-15-13-23(30)14-16-24/h5-17,26H,18-20H2,1-4H3,(H,31,34)/t26-/m0/s1. The molecular weight excluding hydrogens is 459 g/mol. The third kappa shape index (κ3) is 8.12. The van der Waals surface area contributed by atoms with Gasteiger partial charge in [-0.25, -0.2) is 4.39 Å². The fraction of sp³-hybridized carbons (Fsp3) is 0.310. The molecule has 0 aliphatic rings. The van der Waals surface area contributed by atoms with Gasteiger partial charge in [0.05, 0.1) is 7.11 Å². The van der Waals surface area contributed by atoms with E-state index in [0.717, 1.165) is 11.1 Å². The van der Waals surface area contributed by atoms with E-state index in [4.69, 9.17) is 9.47 Å². The highest BCUT2D eigenvalue weighted by Gasteiger charge is 2.32. The molecule has 6 nitrogen and oxygen atoms in total. The summed E-state index contributed by atoms with van der Waals surface area (Å²) >= 11 is 0. The van der Waals surface area contributed by atoms with Crippen LogP contribution in [0.2, 0.25) is 0 Å². The Kier molecular flexibility index (Phi) is 9.06. The van der Waals surface area contributed by atoms with Gasteiger partial charge < -0.3 is 19.7 Å². The Labute approximate surface area is 212 Å². The lowest BCUT2D eigenvalue weighted by atomic mass is 10.0. The van der Waals surface area contributed by atoms with Gasteiger partial charge in [0.15, 0.2) is 6.61 Å². The van der Waals surface area contributed by atoms with Gasteiger partial charge in [-0.3, -0.25) is 9.59 Å². The Morgan fingerprint density at radius 1 is 0.917 bits per heavy atom. The number of halogens is 1. The van der Waals surface area contributed by atoms with Gasteiger partial charge in [0, 0.05) is 18.5 Å². The number of nitrogens with zero attached hydrogens (tertiary/aromatic N) is 1. The zero-order valence-corrected chi connectivity index (χ0v) is 21.2. The van der Waals surface area contributed by atoms with Crippen LogP contribution in [0.5, 0.6) is 11.5 Å². The van der Waals surface area contributed by atoms with Crippen molar-refractivity contribution in [2.75, 3.05) is 13.7 Å². The summed E-state index contributed by atoms with van der Waals surface area (Å²) in [6.07, 6.45) is 0.328. The van der Waals surface area contributed by atoms with Gasteiger partial charge in [0.25, 0.3) is 5.91 Å². The Balaban J connectivity index is 1.93. The van der Waals surface area contributed by atoms with Crippen molar-refractivity contribution in [2.24, 2.45) is 0 Å². The number of hydrogen-bond acceptors (Lipinski definition) is 4. The molecule has 3 aromatic rings. The number of carbonyl (C=O) groups excluding carboxylic acids is 2. The number of carbonyl (C=O) groups is 2. The molecule has 36 heavy (non-hydrogen) atoms. The van der Waals surface area contributed by atoms with Gasteiger partial charge in [-0.1, -0.05) is 42.5 Å². The van der Waals surface area contributed by atoms with Crippen molar-refractivity contribution in [2.45, 2.75) is 45.3 Å². The number of hydrogen-bond donors (Lipinski definition) is 1. The zero-order chi connectivity index (χ0) is 26.1. The summed E-state index contributed by atoms with van der Waals surface area (Å²) in [6, 6.07) is 21.6. The van der Waals surface area contributed by atoms with Gasteiger partial charge in [-0.05, 0) is 68.3 Å². The van der Waals surface area contributed by atoms with Gasteiger partial charge in [-0.15, -0.1) is 0 Å². The molecule has 0 aromatic heterocycles. The fourth-order valence-electron chi connectivity index (χ4n) is 3.73. The largest absolute Gasteiger partial charge is 0.497 e. The summed E-state index contributed by atoms with van der Waals surface area (Å²) in [4.78, 5) is 28.6. The average molecular weight is 493 g/mol. The minimum absolute atomic E-state index is 0.178. The summed E-state index contributed by atoms with van der Waals surface area (Å²) in [7, 11) is 1.58. The molecule has 3 rings (SSSR count). The second-order valence-corrected chi connectivity index (χ2v) is 9.56. The summed E-state index contributed by atoms with van der Waals surface area (Å²) in [5.41, 5.74) is 1.25. The van der Waals surface area contributed by atoms with Crippen molar-refractivity contribution in [1.29, 1.82) is 0 Å². The first-order valence-corrected chi connectivity index (χ1v) is 11.8. The highest BCUT2D eigenvalue weighted by Crippen LogP contribution is 2.20. The first-order valence-electron chi connectivity index (χ1n) is 11.8. The molecular formula is C29H33FN2O4. The molecule has 0 heterocycles. The van der Waals surface area contributed by atoms with Crippen LogP contribution < -0.4 is 14.8 Å². The third-order valence-electron chi connectivity index (χ3n) is 5.43. The molecule has 0 aliphatic heterocycles. The van der Waals surface area contributed by atoms with Crippen LogP contribution in [0.25, 0.3) is 0 Å². The van der Waals surface area contributed by atoms with E-state index in [2.05, 4.69) is 5.32 Å². The molecule has 1 atom stereocenters. The van der Waals surface area contributed by atoms with Crippen molar-refractivity contribution >= 4 is 11.8 Å². The maximum Gasteiger partial charge on any atom is 0.261 e. The van der Waals surface area contributed by atoms with E-state index in [-0.39, 0.29) is 25.0 Å². The number of rotatable bonds is 10. The Bertz CT molecular complexity index is 1140. The lowest BCUT2D eigenvalue weighted by Gasteiger charge is -2.33. The molecule has 2 amide bonds. The highest BCUT2D eigenvalue weighted by molar-refractivity contribution is 5.89. The molecule has 0 saturated heterocycles. The number of ether oxygens (including phenoxy) is 2. The fourth-order valence-corrected chi connectivity index (χ4v) is 3.73. The van der Waals surface area contributed by atoms with Crippen molar-refractivity contribution in [3.8, 4) is 11.5 Å². The second kappa shape index (κ2) is 12.2. The Morgan fingerprint density at radius 3 is 2.22 bits per heavy atom. The van der Waals surface area contributed by atoms with E-state index in [1.807, 2.05) is 75.4 Å². The normalized spacial score (nSPS) is 11.9. The summed E-state index contributed by atoms with van der Waals surface area (Å²) < 4.78 is 24.3. The minimum atomic E-state index is -0.790. The van der Waals surface area contributed by atoms with Gasteiger partial charge >= 0.3 is 0 Å². The highest BCUT2D eigenvalue weighted by atomic mass is 19.1. The van der Waals surface area contributed by atoms with E-state index < -0.39 is 17.4 Å². The SMILES string of the molecule is COc1cccc(CN(C(=O)COc2ccc(F)cc2)[C@@H](Cc2ccccc2)C(=O)NC(C)(C)C)c1. The van der Waals surface area contributed by atoms with Crippen molar-refractivity contribution in [1.82, 2.24) is 10.2 Å². The van der Waals surface area contributed by atoms with Crippen molar-refractivity contribution < 1.29 is 23.5 Å². The zero-order valence-electron chi connectivity index (χ0n) is 21.2. The molecule has 1 N–H and O–H groups in total. The third-order valence-corrected chi connectivity index (χ3v) is 5.43. The molecule has 7 heteroatoms. The first kappa shape index (κ1) is 26.7. The molecule has 0 spiro atoms. The van der Waals surface area contributed by atoms with Crippen LogP contribution in [0.3, 0.4) is 0 Å². The predicted octanol–water partition coefficient (Wildman–Crippen LogP) is 4.77. The Morgan fingerprint density at radius 2 is 1.58 bits per heavy atom. The van der Waals surface area contributed by atoms with E-state index in [0.29, 0.717) is 17.9 Å². The smallest absolute Gasteiger partial charge is 0.261 e. The van der Waals surface area contributed by atoms with Crippen molar-refractivity contribution in [3.63, 3.8) is 0 Å². The van der Waals surface area contributed by atoms with E-state index in [1.54, 1.807) is 7.11 Å². The number of nitrogens with one attached hydrogen (secondary N) is 1. The van der Waals surface area contributed by atoms with Crippen LogP contribution >= 0.6 is 0 Å². The van der Waals surface area contributed by atoms with Crippen LogP contribution in [-0.2, 0) is 22.6 Å². The van der Waals surface area contributed by atoms with Crippen LogP contribution in [0.1, 0.15) is 31.9 Å². The maximum absolute atomic E-state index is 13.6. The van der Waals surface area contributed by atoms with E-state index in [1.165, 1.54) is 29.2 Å². The van der Waals surface area contributed by atoms with Crippen molar-refractivity contribution in [3.05, 3.63) is 95.8 Å². The maximum atomic E-state index is 13.6. The number of benzene rings is 3. The van der Waals surface area contributed by atoms with Gasteiger partial charge in [0.1, 0.15) is 23.4 Å². The molecule has 0 bridgehead atoms. The topological polar surface area (TPSA) is 67.9 Å². The molecule has 0 saturated carbocycles. The molecule has 0 aliphatic carbocycles. The second-order valence-electron chi connectivity index (χ2n) is 9.56. The molecule has 3 aromatic carbocycles. The van der Waals surface area contributed by atoms with Gasteiger partial charge in [-0.2, -0.15) is 0 Å². The van der Waals surface area contributed by atoms with E-state index >= 15 is 0 Å². The van der Waals surface area contributed by atoms with Crippen LogP contribution in [0.15, 0.2) is 78.9 Å². The molecule has 0 unspecified atom stereocenters. The monoisotopic (exact) mass is 492 g/mol. The summed E-state index contributed by atoms with van der Waals surface area (Å²) in [5.74, 6) is -0.00216. The van der Waals surface area contributed by atoms with Crippen LogP contribution in [0.4, 0.5) is 4.39 Å². The van der Waals surface area contributed by atoms with E-state index in [9.17, 15) is 14.0 Å². The molecule has 0 radical (unpaired) electrons. The number of methoxy groups -OCH3 is 1. The summed E-state index contributed by atoms with van der Waals surface area (Å²) in [6.45, 7) is 5.57. The van der Waals surface area contributed by atoms with Crippen LogP contribution in [-0.4, -0.2) is 42.0 Å². The lowest BCUT2D eigenvalue weighted by Crippen LogP contribution is -2.55. The first-order chi connectivity index (χ1) is 17.1. The minimum Gasteiger partial charge on any atom is -0.497 e. The summed E-state index contributed by atoms with van der Waals surface area (Å²) in [5, 5.41) is 3.02. The quantitative estimate of drug-likeness (QED) is 0.443. The van der Waals surface area contributed by atoms with Gasteiger partial charge in [0.2, 0.25) is 5.91 Å². The molecule has 0 fully saturated rings. The Hall–Kier alpha value is -3.87. The molecule has 190 valence electrons. The lowest BCUT2D eigenvalue weighted by molar-refractivity contribution is -0.143. The average Bonchev–Trinajstić information content (AvgIpc) is 2.85. The predicted molar refractivity (Wildman–Crippen MR) is 137 cm³/mol. The van der Waals surface area contributed by atoms with Crippen LogP contribution in [0, 0.1) is 5.82 Å².